The van der Waals surface area contributed by atoms with Crippen LogP contribution in [0.5, 0.6) is 0 Å². The molecule has 0 bridgehead atoms. The Hall–Kier alpha value is -2.34. The van der Waals surface area contributed by atoms with Crippen LogP contribution in [0.1, 0.15) is 92.4 Å². The van der Waals surface area contributed by atoms with Gasteiger partial charge in [-0.15, -0.1) is 0 Å². The zero-order valence-electron chi connectivity index (χ0n) is 18.4. The SMILES string of the molecule is C[C@@H]1C[C@H](c2ccncc2NC(=O)c2ccc(F)c(C3CCCCC3)n2)C[C@H](C)[C@H]1O. The minimum atomic E-state index is -0.344. The molecule has 0 aromatic carbocycles. The highest BCUT2D eigenvalue weighted by Crippen LogP contribution is 2.41. The second kappa shape index (κ2) is 9.43. The zero-order valence-corrected chi connectivity index (χ0v) is 18.4. The van der Waals surface area contributed by atoms with Crippen LogP contribution in [0.15, 0.2) is 30.6 Å². The number of carbonyl (C=O) groups is 1. The molecule has 2 aromatic rings. The molecule has 2 N–H and O–H groups in total. The lowest BCUT2D eigenvalue weighted by Crippen LogP contribution is -2.33. The van der Waals surface area contributed by atoms with Gasteiger partial charge < -0.3 is 10.4 Å². The summed E-state index contributed by atoms with van der Waals surface area (Å²) in [5.41, 5.74) is 2.35. The van der Waals surface area contributed by atoms with Crippen molar-refractivity contribution >= 4 is 11.6 Å². The first kappa shape index (κ1) is 21.9. The minimum Gasteiger partial charge on any atom is -0.393 e. The topological polar surface area (TPSA) is 75.1 Å². The van der Waals surface area contributed by atoms with E-state index in [-0.39, 0.29) is 47.2 Å². The van der Waals surface area contributed by atoms with Crippen LogP contribution in [-0.2, 0) is 0 Å². The molecule has 6 heteroatoms. The second-order valence-electron chi connectivity index (χ2n) is 9.43. The fourth-order valence-electron chi connectivity index (χ4n) is 5.39. The van der Waals surface area contributed by atoms with Crippen LogP contribution in [0.2, 0.25) is 0 Å². The number of aliphatic hydroxyl groups is 1. The van der Waals surface area contributed by atoms with Gasteiger partial charge in [0.2, 0.25) is 0 Å². The first-order chi connectivity index (χ1) is 14.9. The first-order valence-corrected chi connectivity index (χ1v) is 11.5. The molecule has 0 unspecified atom stereocenters. The number of halogens is 1. The van der Waals surface area contributed by atoms with Gasteiger partial charge in [0.25, 0.3) is 5.91 Å². The van der Waals surface area contributed by atoms with Gasteiger partial charge in [-0.3, -0.25) is 9.78 Å². The number of anilines is 1. The van der Waals surface area contributed by atoms with Crippen molar-refractivity contribution in [2.24, 2.45) is 11.8 Å². The number of carbonyl (C=O) groups excluding carboxylic acids is 1. The van der Waals surface area contributed by atoms with Crippen molar-refractivity contribution < 1.29 is 14.3 Å². The highest BCUT2D eigenvalue weighted by atomic mass is 19.1. The Morgan fingerprint density at radius 2 is 1.77 bits per heavy atom. The molecule has 2 heterocycles. The number of nitrogens with one attached hydrogen (secondary N) is 1. The van der Waals surface area contributed by atoms with Crippen LogP contribution in [0.3, 0.4) is 0 Å². The molecule has 2 aliphatic carbocycles. The molecule has 0 saturated heterocycles. The van der Waals surface area contributed by atoms with Crippen molar-refractivity contribution in [1.29, 1.82) is 0 Å². The van der Waals surface area contributed by atoms with Crippen molar-refractivity contribution in [3.8, 4) is 0 Å². The number of nitrogens with zero attached hydrogens (tertiary/aromatic N) is 2. The maximum absolute atomic E-state index is 14.4. The fourth-order valence-corrected chi connectivity index (χ4v) is 5.39. The fraction of sp³-hybridized carbons (Fsp3) is 0.560. The molecule has 4 rings (SSSR count). The summed E-state index contributed by atoms with van der Waals surface area (Å²) in [6.07, 6.45) is 10.0. The van der Waals surface area contributed by atoms with Crippen LogP contribution >= 0.6 is 0 Å². The molecule has 5 nitrogen and oxygen atoms in total. The van der Waals surface area contributed by atoms with Crippen molar-refractivity contribution in [2.45, 2.75) is 76.7 Å². The summed E-state index contributed by atoms with van der Waals surface area (Å²) in [5, 5.41) is 13.3. The van der Waals surface area contributed by atoms with E-state index in [0.29, 0.717) is 11.4 Å². The summed E-state index contributed by atoms with van der Waals surface area (Å²) >= 11 is 0. The molecule has 166 valence electrons. The summed E-state index contributed by atoms with van der Waals surface area (Å²) < 4.78 is 14.4. The van der Waals surface area contributed by atoms with E-state index in [1.807, 2.05) is 6.07 Å². The molecular weight excluding hydrogens is 393 g/mol. The Bertz CT molecular complexity index is 917. The molecule has 4 atom stereocenters. The van der Waals surface area contributed by atoms with Gasteiger partial charge in [-0.05, 0) is 67.2 Å². The van der Waals surface area contributed by atoms with Crippen LogP contribution in [0.4, 0.5) is 10.1 Å². The highest BCUT2D eigenvalue weighted by Gasteiger charge is 2.33. The molecule has 2 aliphatic rings. The maximum Gasteiger partial charge on any atom is 0.274 e. The Morgan fingerprint density at radius 1 is 1.06 bits per heavy atom. The number of rotatable bonds is 4. The molecule has 31 heavy (non-hydrogen) atoms. The Labute approximate surface area is 183 Å². The van der Waals surface area contributed by atoms with Crippen molar-refractivity contribution in [3.63, 3.8) is 0 Å². The predicted molar refractivity (Wildman–Crippen MR) is 119 cm³/mol. The van der Waals surface area contributed by atoms with E-state index in [4.69, 9.17) is 0 Å². The first-order valence-electron chi connectivity index (χ1n) is 11.5. The Balaban J connectivity index is 1.54. The second-order valence-corrected chi connectivity index (χ2v) is 9.43. The van der Waals surface area contributed by atoms with E-state index >= 15 is 0 Å². The average Bonchev–Trinajstić information content (AvgIpc) is 2.78. The number of hydrogen-bond acceptors (Lipinski definition) is 4. The molecule has 0 spiro atoms. The summed E-state index contributed by atoms with van der Waals surface area (Å²) in [6, 6.07) is 4.76. The smallest absolute Gasteiger partial charge is 0.274 e. The molecule has 2 fully saturated rings. The summed E-state index contributed by atoms with van der Waals surface area (Å²) in [5.74, 6) is 0.0554. The quantitative estimate of drug-likeness (QED) is 0.685. The van der Waals surface area contributed by atoms with Crippen LogP contribution in [0, 0.1) is 17.7 Å². The third kappa shape index (κ3) is 4.79. The number of aliphatic hydroxyl groups excluding tert-OH is 1. The van der Waals surface area contributed by atoms with Crippen LogP contribution in [0.25, 0.3) is 0 Å². The third-order valence-corrected chi connectivity index (χ3v) is 7.12. The van der Waals surface area contributed by atoms with Crippen molar-refractivity contribution in [1.82, 2.24) is 9.97 Å². The lowest BCUT2D eigenvalue weighted by molar-refractivity contribution is 0.0252. The van der Waals surface area contributed by atoms with Crippen molar-refractivity contribution in [3.05, 3.63) is 53.4 Å². The molecule has 2 aromatic heterocycles. The number of hydrogen-bond donors (Lipinski definition) is 2. The van der Waals surface area contributed by atoms with E-state index in [0.717, 1.165) is 44.1 Å². The van der Waals surface area contributed by atoms with E-state index in [9.17, 15) is 14.3 Å². The number of aromatic nitrogens is 2. The maximum atomic E-state index is 14.4. The standard InChI is InChI=1S/C25H32FN3O2/c1-15-12-18(13-16(2)24(15)30)19-10-11-27-14-22(19)29-25(31)21-9-8-20(26)23(28-21)17-6-4-3-5-7-17/h8-11,14-18,24,30H,3-7,12-13H2,1-2H3,(H,29,31)/t15-,16+,18+,24+. The van der Waals surface area contributed by atoms with E-state index in [2.05, 4.69) is 29.1 Å². The molecule has 0 radical (unpaired) electrons. The molecule has 0 aliphatic heterocycles. The van der Waals surface area contributed by atoms with Gasteiger partial charge in [0.05, 0.1) is 23.7 Å². The summed E-state index contributed by atoms with van der Waals surface area (Å²) in [7, 11) is 0. The Morgan fingerprint density at radius 3 is 2.48 bits per heavy atom. The number of pyridine rings is 2. The summed E-state index contributed by atoms with van der Waals surface area (Å²) in [6.45, 7) is 4.14. The van der Waals surface area contributed by atoms with Crippen molar-refractivity contribution in [2.75, 3.05) is 5.32 Å². The van der Waals surface area contributed by atoms with E-state index in [1.54, 1.807) is 12.4 Å². The van der Waals surface area contributed by atoms with Gasteiger partial charge in [-0.25, -0.2) is 9.37 Å². The average molecular weight is 426 g/mol. The largest absolute Gasteiger partial charge is 0.393 e. The van der Waals surface area contributed by atoms with Crippen LogP contribution < -0.4 is 5.32 Å². The predicted octanol–water partition coefficient (Wildman–Crippen LogP) is 5.43. The van der Waals surface area contributed by atoms with E-state index in [1.165, 1.54) is 18.6 Å². The Kier molecular flexibility index (Phi) is 6.65. The minimum absolute atomic E-state index is 0.0899. The molecule has 2 saturated carbocycles. The highest BCUT2D eigenvalue weighted by molar-refractivity contribution is 6.03. The van der Waals surface area contributed by atoms with Gasteiger partial charge in [-0.2, -0.15) is 0 Å². The third-order valence-electron chi connectivity index (χ3n) is 7.12. The summed E-state index contributed by atoms with van der Waals surface area (Å²) in [4.78, 5) is 21.6. The van der Waals surface area contributed by atoms with E-state index < -0.39 is 0 Å². The van der Waals surface area contributed by atoms with Gasteiger partial charge in [0.15, 0.2) is 0 Å². The zero-order chi connectivity index (χ0) is 22.0. The van der Waals surface area contributed by atoms with Gasteiger partial charge in [-0.1, -0.05) is 33.1 Å². The molecule has 1 amide bonds. The number of amides is 1. The van der Waals surface area contributed by atoms with Gasteiger partial charge in [0, 0.05) is 12.1 Å². The lowest BCUT2D eigenvalue weighted by atomic mass is 9.72. The lowest BCUT2D eigenvalue weighted by Gasteiger charge is -2.36. The normalized spacial score (nSPS) is 27.1. The molecular formula is C25H32FN3O2. The monoisotopic (exact) mass is 425 g/mol. The van der Waals surface area contributed by atoms with Crippen LogP contribution in [-0.4, -0.2) is 27.1 Å². The van der Waals surface area contributed by atoms with Gasteiger partial charge >= 0.3 is 0 Å². The van der Waals surface area contributed by atoms with Gasteiger partial charge in [0.1, 0.15) is 11.5 Å².